The molecule has 3 aromatic rings. The van der Waals surface area contributed by atoms with Crippen LogP contribution in [0.3, 0.4) is 0 Å². The number of nitrogens with zero attached hydrogens (tertiary/aromatic N) is 2. The molecule has 0 aliphatic heterocycles. The summed E-state index contributed by atoms with van der Waals surface area (Å²) in [6.07, 6.45) is 0. The Kier molecular flexibility index (Phi) is 4.01. The fourth-order valence-electron chi connectivity index (χ4n) is 2.11. The van der Waals surface area contributed by atoms with Crippen molar-refractivity contribution in [3.05, 3.63) is 56.1 Å². The molecule has 0 radical (unpaired) electrons. The number of para-hydroxylation sites is 1. The molecule has 3 rings (SSSR count). The maximum absolute atomic E-state index is 13.8. The summed E-state index contributed by atoms with van der Waals surface area (Å²) < 4.78 is 17.2. The van der Waals surface area contributed by atoms with E-state index in [2.05, 4.69) is 43.5 Å². The number of alkyl halides is 1. The molecule has 1 aromatic heterocycles. The van der Waals surface area contributed by atoms with Crippen LogP contribution in [0, 0.1) is 9.39 Å². The van der Waals surface area contributed by atoms with Crippen LogP contribution in [0.5, 0.6) is 0 Å². The number of aromatic nitrogens is 2. The largest absolute Gasteiger partial charge is 0.294 e. The van der Waals surface area contributed by atoms with Gasteiger partial charge in [-0.25, -0.2) is 9.37 Å². The number of imidazole rings is 1. The first kappa shape index (κ1) is 14.3. The van der Waals surface area contributed by atoms with Crippen molar-refractivity contribution in [3.8, 4) is 5.69 Å². The van der Waals surface area contributed by atoms with Gasteiger partial charge in [0.25, 0.3) is 0 Å². The van der Waals surface area contributed by atoms with E-state index in [0.29, 0.717) is 21.3 Å². The van der Waals surface area contributed by atoms with Crippen molar-refractivity contribution in [1.29, 1.82) is 0 Å². The van der Waals surface area contributed by atoms with Crippen LogP contribution in [0.25, 0.3) is 16.7 Å². The monoisotopic (exact) mass is 464 g/mol. The van der Waals surface area contributed by atoms with Gasteiger partial charge in [0.15, 0.2) is 0 Å². The van der Waals surface area contributed by atoms with Gasteiger partial charge in [-0.1, -0.05) is 12.1 Å². The Morgan fingerprint density at radius 2 is 2.05 bits per heavy atom. The summed E-state index contributed by atoms with van der Waals surface area (Å²) >= 11 is 11.4. The van der Waals surface area contributed by atoms with Crippen LogP contribution in [-0.2, 0) is 5.88 Å². The summed E-state index contributed by atoms with van der Waals surface area (Å²) in [5, 5.41) is 0. The van der Waals surface area contributed by atoms with E-state index in [4.69, 9.17) is 11.6 Å². The molecule has 0 saturated carbocycles. The fraction of sp³-hybridized carbons (Fsp3) is 0.0714. The number of rotatable bonds is 2. The Morgan fingerprint density at radius 1 is 1.30 bits per heavy atom. The maximum Gasteiger partial charge on any atom is 0.139 e. The highest BCUT2D eigenvalue weighted by Gasteiger charge is 2.15. The number of halogens is 4. The molecule has 6 heteroatoms. The van der Waals surface area contributed by atoms with E-state index < -0.39 is 0 Å². The number of fused-ring (bicyclic) bond motifs is 1. The van der Waals surface area contributed by atoms with Crippen LogP contribution < -0.4 is 0 Å². The topological polar surface area (TPSA) is 17.8 Å². The number of hydrogen-bond donors (Lipinski definition) is 0. The van der Waals surface area contributed by atoms with Gasteiger partial charge in [0.1, 0.15) is 11.6 Å². The predicted octanol–water partition coefficient (Wildman–Crippen LogP) is 5.27. The lowest BCUT2D eigenvalue weighted by Crippen LogP contribution is -2.01. The van der Waals surface area contributed by atoms with Gasteiger partial charge in [-0.3, -0.25) is 4.57 Å². The van der Waals surface area contributed by atoms with E-state index in [1.165, 1.54) is 6.07 Å². The van der Waals surface area contributed by atoms with E-state index in [9.17, 15) is 4.39 Å². The Balaban J connectivity index is 2.39. The molecule has 0 N–H and O–H groups in total. The third-order valence-electron chi connectivity index (χ3n) is 2.98. The first-order chi connectivity index (χ1) is 9.61. The van der Waals surface area contributed by atoms with Crippen LogP contribution in [0.4, 0.5) is 4.39 Å². The molecule has 0 amide bonds. The van der Waals surface area contributed by atoms with Gasteiger partial charge in [0.2, 0.25) is 0 Å². The molecular formula is C14H8BrClFIN2. The minimum absolute atomic E-state index is 0.263. The van der Waals surface area contributed by atoms with Crippen molar-refractivity contribution in [2.75, 3.05) is 0 Å². The first-order valence-corrected chi connectivity index (χ1v) is 8.19. The number of benzene rings is 2. The average Bonchev–Trinajstić information content (AvgIpc) is 2.77. The molecule has 0 saturated heterocycles. The molecule has 20 heavy (non-hydrogen) atoms. The molecular weight excluding hydrogens is 457 g/mol. The fourth-order valence-corrected chi connectivity index (χ4v) is 3.25. The van der Waals surface area contributed by atoms with Gasteiger partial charge in [0.05, 0.1) is 27.1 Å². The summed E-state index contributed by atoms with van der Waals surface area (Å²) in [7, 11) is 0. The molecule has 2 aromatic carbocycles. The lowest BCUT2D eigenvalue weighted by atomic mass is 10.2. The van der Waals surface area contributed by atoms with Crippen molar-refractivity contribution in [3.63, 3.8) is 0 Å². The molecule has 0 atom stereocenters. The van der Waals surface area contributed by atoms with Crippen molar-refractivity contribution in [2.45, 2.75) is 5.88 Å². The van der Waals surface area contributed by atoms with Crippen molar-refractivity contribution in [1.82, 2.24) is 9.55 Å². The molecule has 0 fully saturated rings. The zero-order valence-corrected chi connectivity index (χ0v) is 14.6. The smallest absolute Gasteiger partial charge is 0.139 e. The van der Waals surface area contributed by atoms with E-state index in [1.807, 2.05) is 28.8 Å². The van der Waals surface area contributed by atoms with Gasteiger partial charge < -0.3 is 0 Å². The summed E-state index contributed by atoms with van der Waals surface area (Å²) in [4.78, 5) is 4.48. The van der Waals surface area contributed by atoms with Crippen LogP contribution in [0.15, 0.2) is 40.9 Å². The van der Waals surface area contributed by atoms with E-state index in [1.54, 1.807) is 6.07 Å². The van der Waals surface area contributed by atoms with Gasteiger partial charge in [0, 0.05) is 9.64 Å². The SMILES string of the molecule is Fc1cc2c(cc1Br)nc(CCl)n2-c1ccccc1I. The highest BCUT2D eigenvalue weighted by molar-refractivity contribution is 14.1. The highest BCUT2D eigenvalue weighted by atomic mass is 127. The van der Waals surface area contributed by atoms with Crippen LogP contribution in [0.2, 0.25) is 0 Å². The van der Waals surface area contributed by atoms with Crippen LogP contribution >= 0.6 is 50.1 Å². The molecule has 0 aliphatic rings. The molecule has 0 bridgehead atoms. The van der Waals surface area contributed by atoms with Gasteiger partial charge >= 0.3 is 0 Å². The van der Waals surface area contributed by atoms with Gasteiger partial charge in [-0.2, -0.15) is 0 Å². The van der Waals surface area contributed by atoms with Gasteiger partial charge in [-0.15, -0.1) is 11.6 Å². The predicted molar refractivity (Wildman–Crippen MR) is 91.0 cm³/mol. The summed E-state index contributed by atoms with van der Waals surface area (Å²) in [5.41, 5.74) is 2.38. The molecule has 0 aliphatic carbocycles. The van der Waals surface area contributed by atoms with Crippen LogP contribution in [-0.4, -0.2) is 9.55 Å². The van der Waals surface area contributed by atoms with Crippen LogP contribution in [0.1, 0.15) is 5.82 Å². The van der Waals surface area contributed by atoms with E-state index in [0.717, 1.165) is 9.26 Å². The Labute approximate surface area is 142 Å². The second-order valence-corrected chi connectivity index (χ2v) is 6.49. The third-order valence-corrected chi connectivity index (χ3v) is 4.74. The zero-order chi connectivity index (χ0) is 14.3. The minimum Gasteiger partial charge on any atom is -0.294 e. The minimum atomic E-state index is -0.314. The highest BCUT2D eigenvalue weighted by Crippen LogP contribution is 2.29. The lowest BCUT2D eigenvalue weighted by molar-refractivity contribution is 0.622. The molecule has 1 heterocycles. The second-order valence-electron chi connectivity index (χ2n) is 4.20. The van der Waals surface area contributed by atoms with Crippen molar-refractivity contribution in [2.24, 2.45) is 0 Å². The maximum atomic E-state index is 13.8. The molecule has 102 valence electrons. The zero-order valence-electron chi connectivity index (χ0n) is 10.1. The average molecular weight is 465 g/mol. The van der Waals surface area contributed by atoms with E-state index >= 15 is 0 Å². The lowest BCUT2D eigenvalue weighted by Gasteiger charge is -2.10. The van der Waals surface area contributed by atoms with Gasteiger partial charge in [-0.05, 0) is 56.7 Å². The quantitative estimate of drug-likeness (QED) is 0.373. The van der Waals surface area contributed by atoms with E-state index in [-0.39, 0.29) is 11.7 Å². The first-order valence-electron chi connectivity index (χ1n) is 5.79. The summed E-state index contributed by atoms with van der Waals surface area (Å²) in [6.45, 7) is 0. The van der Waals surface area contributed by atoms with Crippen molar-refractivity contribution >= 4 is 61.2 Å². The summed E-state index contributed by atoms with van der Waals surface area (Å²) in [5.74, 6) is 0.646. The summed E-state index contributed by atoms with van der Waals surface area (Å²) in [6, 6.07) is 11.0. The standard InChI is InChI=1S/C14H8BrClFIN2/c15-8-5-11-13(6-9(8)17)20(14(7-16)19-11)12-4-2-1-3-10(12)18/h1-6H,7H2. The molecule has 0 spiro atoms. The second kappa shape index (κ2) is 5.61. The Bertz CT molecular complexity index is 803. The molecule has 2 nitrogen and oxygen atoms in total. The molecule has 0 unspecified atom stereocenters. The van der Waals surface area contributed by atoms with Crippen molar-refractivity contribution < 1.29 is 4.39 Å². The normalized spacial score (nSPS) is 11.2. The Hall–Kier alpha value is -0.660. The third kappa shape index (κ3) is 2.35. The Morgan fingerprint density at radius 3 is 2.75 bits per heavy atom. The number of hydrogen-bond acceptors (Lipinski definition) is 1.